The topological polar surface area (TPSA) is 122 Å². The Labute approximate surface area is 192 Å². The number of amides is 1. The van der Waals surface area contributed by atoms with Crippen LogP contribution < -0.4 is 15.5 Å². The maximum Gasteiger partial charge on any atom is 0.273 e. The van der Waals surface area contributed by atoms with Gasteiger partial charge in [0.2, 0.25) is 11.8 Å². The van der Waals surface area contributed by atoms with Crippen LogP contribution in [0.25, 0.3) is 20.7 Å². The van der Waals surface area contributed by atoms with Gasteiger partial charge in [-0.05, 0) is 37.5 Å². The number of thiazole rings is 2. The van der Waals surface area contributed by atoms with Gasteiger partial charge in [-0.2, -0.15) is 5.26 Å². The molecular formula is C21H20N6O3S2. The number of benzene rings is 1. The van der Waals surface area contributed by atoms with Crippen LogP contribution in [0.2, 0.25) is 0 Å². The van der Waals surface area contributed by atoms with E-state index in [1.54, 1.807) is 24.6 Å². The van der Waals surface area contributed by atoms with Crippen LogP contribution in [0.1, 0.15) is 31.2 Å². The lowest BCUT2D eigenvalue weighted by Gasteiger charge is -2.22. The third-order valence-electron chi connectivity index (χ3n) is 5.28. The molecule has 9 nitrogen and oxygen atoms in total. The van der Waals surface area contributed by atoms with Crippen molar-refractivity contribution in [3.8, 4) is 21.7 Å². The van der Waals surface area contributed by atoms with Crippen molar-refractivity contribution in [2.24, 2.45) is 5.10 Å². The molecule has 1 saturated carbocycles. The van der Waals surface area contributed by atoms with E-state index < -0.39 is 11.3 Å². The normalized spacial score (nSPS) is 20.7. The Kier molecular flexibility index (Phi) is 4.98. The summed E-state index contributed by atoms with van der Waals surface area (Å²) in [6, 6.07) is 8.27. The van der Waals surface area contributed by atoms with Gasteiger partial charge in [-0.1, -0.05) is 17.4 Å². The number of rotatable bonds is 7. The van der Waals surface area contributed by atoms with Crippen LogP contribution in [0.15, 0.2) is 29.5 Å². The summed E-state index contributed by atoms with van der Waals surface area (Å²) in [6.45, 7) is 1.88. The predicted octanol–water partition coefficient (Wildman–Crippen LogP) is 3.18. The number of carbonyl (C=O) groups is 1. The number of nitrogens with zero attached hydrogens (tertiary/aromatic N) is 4. The molecule has 2 aromatic heterocycles. The summed E-state index contributed by atoms with van der Waals surface area (Å²) in [5.41, 5.74) is 3.48. The SMILES string of the molecule is COc1ncc(-c2ccc3nc(CC4(C)NN=C(CC(=O)NC5(C#N)CC5)O4)sc3c2)s1. The van der Waals surface area contributed by atoms with Crippen LogP contribution in [0, 0.1) is 11.3 Å². The number of ether oxygens (including phenoxy) is 2. The van der Waals surface area contributed by atoms with E-state index in [1.807, 2.05) is 19.1 Å². The number of hydrazone groups is 1. The van der Waals surface area contributed by atoms with Crippen LogP contribution in [-0.4, -0.2) is 40.1 Å². The second-order valence-electron chi connectivity index (χ2n) is 8.03. The van der Waals surface area contributed by atoms with Gasteiger partial charge < -0.3 is 14.8 Å². The van der Waals surface area contributed by atoms with E-state index in [2.05, 4.69) is 33.0 Å². The highest BCUT2D eigenvalue weighted by atomic mass is 32.1. The summed E-state index contributed by atoms with van der Waals surface area (Å²) < 4.78 is 12.2. The minimum absolute atomic E-state index is 0.00641. The molecule has 1 aliphatic carbocycles. The molecule has 1 fully saturated rings. The fraction of sp³-hybridized carbons (Fsp3) is 0.381. The van der Waals surface area contributed by atoms with Crippen molar-refractivity contribution in [3.05, 3.63) is 29.4 Å². The lowest BCUT2D eigenvalue weighted by atomic mass is 10.2. The van der Waals surface area contributed by atoms with E-state index in [9.17, 15) is 4.79 Å². The zero-order chi connectivity index (χ0) is 22.3. The minimum Gasteiger partial charge on any atom is -0.473 e. The fourth-order valence-corrected chi connectivity index (χ4v) is 5.33. The zero-order valence-electron chi connectivity index (χ0n) is 17.5. The first-order valence-electron chi connectivity index (χ1n) is 10.0. The van der Waals surface area contributed by atoms with Crippen molar-refractivity contribution < 1.29 is 14.3 Å². The Bertz CT molecular complexity index is 1270. The molecule has 1 amide bonds. The first-order valence-corrected chi connectivity index (χ1v) is 11.7. The number of hydrogen-bond donors (Lipinski definition) is 2. The van der Waals surface area contributed by atoms with Gasteiger partial charge in [-0.25, -0.2) is 9.97 Å². The lowest BCUT2D eigenvalue weighted by Crippen LogP contribution is -2.41. The zero-order valence-corrected chi connectivity index (χ0v) is 19.1. The number of aromatic nitrogens is 2. The van der Waals surface area contributed by atoms with Crippen molar-refractivity contribution in [1.29, 1.82) is 5.26 Å². The number of carbonyl (C=O) groups excluding carboxylic acids is 1. The van der Waals surface area contributed by atoms with Gasteiger partial charge in [0.05, 0.1) is 39.7 Å². The summed E-state index contributed by atoms with van der Waals surface area (Å²) in [5, 5.41) is 17.6. The molecule has 1 aromatic carbocycles. The van der Waals surface area contributed by atoms with E-state index >= 15 is 0 Å². The molecule has 32 heavy (non-hydrogen) atoms. The predicted molar refractivity (Wildman–Crippen MR) is 121 cm³/mol. The Hall–Kier alpha value is -3.23. The Morgan fingerprint density at radius 2 is 2.25 bits per heavy atom. The number of nitrogens with one attached hydrogen (secondary N) is 2. The molecule has 164 valence electrons. The molecule has 0 saturated heterocycles. The molecule has 3 aromatic rings. The molecule has 2 N–H and O–H groups in total. The maximum atomic E-state index is 12.2. The van der Waals surface area contributed by atoms with E-state index in [4.69, 9.17) is 19.7 Å². The molecule has 1 unspecified atom stereocenters. The Morgan fingerprint density at radius 3 is 2.97 bits per heavy atom. The van der Waals surface area contributed by atoms with Gasteiger partial charge in [0.1, 0.15) is 12.0 Å². The molecule has 1 atom stereocenters. The maximum absolute atomic E-state index is 12.2. The number of methoxy groups -OCH3 is 1. The molecule has 0 spiro atoms. The smallest absolute Gasteiger partial charge is 0.273 e. The highest BCUT2D eigenvalue weighted by Gasteiger charge is 2.45. The number of fused-ring (bicyclic) bond motifs is 1. The van der Waals surface area contributed by atoms with E-state index in [1.165, 1.54) is 11.3 Å². The van der Waals surface area contributed by atoms with Crippen molar-refractivity contribution in [3.63, 3.8) is 0 Å². The number of hydrogen-bond acceptors (Lipinski definition) is 10. The Balaban J connectivity index is 1.24. The summed E-state index contributed by atoms with van der Waals surface area (Å²) in [4.78, 5) is 22.2. The van der Waals surface area contributed by atoms with Gasteiger partial charge >= 0.3 is 0 Å². The van der Waals surface area contributed by atoms with Crippen LogP contribution in [-0.2, 0) is 16.0 Å². The van der Waals surface area contributed by atoms with Gasteiger partial charge in [0.15, 0.2) is 5.72 Å². The summed E-state index contributed by atoms with van der Waals surface area (Å²) in [5.74, 6) is 0.0438. The first-order chi connectivity index (χ1) is 15.4. The highest BCUT2D eigenvalue weighted by molar-refractivity contribution is 7.18. The largest absolute Gasteiger partial charge is 0.473 e. The number of nitriles is 1. The molecular weight excluding hydrogens is 448 g/mol. The van der Waals surface area contributed by atoms with Crippen LogP contribution >= 0.6 is 22.7 Å². The summed E-state index contributed by atoms with van der Waals surface area (Å²) in [7, 11) is 1.61. The van der Waals surface area contributed by atoms with Crippen LogP contribution in [0.5, 0.6) is 5.19 Å². The standard InChI is InChI=1S/C21H20N6O3S2/c1-20(27-26-17(30-20)8-16(28)25-21(11-22)5-6-21)9-18-24-13-4-3-12(7-14(13)31-18)15-10-23-19(29-2)32-15/h3-4,7,10,27H,5-6,8-9H2,1-2H3,(H,25,28). The average Bonchev–Trinajstić information content (AvgIpc) is 3.09. The Morgan fingerprint density at radius 1 is 1.41 bits per heavy atom. The van der Waals surface area contributed by atoms with E-state index in [0.29, 0.717) is 30.4 Å². The molecule has 0 bridgehead atoms. The minimum atomic E-state index is -0.788. The third kappa shape index (κ3) is 4.11. The molecule has 2 aliphatic rings. The molecule has 3 heterocycles. The quantitative estimate of drug-likeness (QED) is 0.546. The van der Waals surface area contributed by atoms with Gasteiger partial charge in [-0.15, -0.1) is 16.4 Å². The fourth-order valence-electron chi connectivity index (χ4n) is 3.45. The van der Waals surface area contributed by atoms with Crippen molar-refractivity contribution in [1.82, 2.24) is 20.7 Å². The lowest BCUT2D eigenvalue weighted by molar-refractivity contribution is -0.120. The van der Waals surface area contributed by atoms with Crippen molar-refractivity contribution in [2.45, 2.75) is 43.9 Å². The van der Waals surface area contributed by atoms with Gasteiger partial charge in [-0.3, -0.25) is 10.2 Å². The second kappa shape index (κ2) is 7.72. The van der Waals surface area contributed by atoms with Crippen molar-refractivity contribution in [2.75, 3.05) is 7.11 Å². The highest BCUT2D eigenvalue weighted by Crippen LogP contribution is 2.35. The average molecular weight is 469 g/mol. The van der Waals surface area contributed by atoms with E-state index in [0.717, 1.165) is 25.7 Å². The second-order valence-corrected chi connectivity index (χ2v) is 10.1. The van der Waals surface area contributed by atoms with Gasteiger partial charge in [0.25, 0.3) is 5.19 Å². The first kappa shape index (κ1) is 20.7. The molecule has 0 radical (unpaired) electrons. The van der Waals surface area contributed by atoms with Crippen molar-refractivity contribution >= 4 is 44.7 Å². The molecule has 1 aliphatic heterocycles. The molecule has 5 rings (SSSR count). The summed E-state index contributed by atoms with van der Waals surface area (Å²) >= 11 is 3.09. The van der Waals surface area contributed by atoms with Gasteiger partial charge in [0, 0.05) is 6.20 Å². The summed E-state index contributed by atoms with van der Waals surface area (Å²) in [6.07, 6.45) is 3.67. The molecule has 11 heteroatoms. The monoisotopic (exact) mass is 468 g/mol. The van der Waals surface area contributed by atoms with Crippen LogP contribution in [0.3, 0.4) is 0 Å². The third-order valence-corrected chi connectivity index (χ3v) is 7.31. The van der Waals surface area contributed by atoms with Crippen LogP contribution in [0.4, 0.5) is 0 Å². The van der Waals surface area contributed by atoms with E-state index in [-0.39, 0.29) is 12.3 Å².